The van der Waals surface area contributed by atoms with Crippen LogP contribution in [0.1, 0.15) is 32.1 Å². The first-order chi connectivity index (χ1) is 11.4. The van der Waals surface area contributed by atoms with Gasteiger partial charge >= 0.3 is 6.18 Å². The highest BCUT2D eigenvalue weighted by Gasteiger charge is 2.42. The molecule has 1 aliphatic carbocycles. The van der Waals surface area contributed by atoms with Crippen molar-refractivity contribution >= 4 is 11.6 Å². The van der Waals surface area contributed by atoms with Crippen LogP contribution in [0.3, 0.4) is 0 Å². The van der Waals surface area contributed by atoms with Gasteiger partial charge in [0.15, 0.2) is 0 Å². The second-order valence-electron chi connectivity index (χ2n) is 6.07. The van der Waals surface area contributed by atoms with Gasteiger partial charge in [-0.2, -0.15) is 13.2 Å². The lowest BCUT2D eigenvalue weighted by Gasteiger charge is -2.31. The lowest BCUT2D eigenvalue weighted by Crippen LogP contribution is -2.41. The monoisotopic (exact) mass is 344 g/mol. The lowest BCUT2D eigenvalue weighted by molar-refractivity contribution is -0.184. The number of ether oxygens (including phenoxy) is 1. The van der Waals surface area contributed by atoms with E-state index >= 15 is 0 Å². The van der Waals surface area contributed by atoms with E-state index in [2.05, 4.69) is 10.6 Å². The summed E-state index contributed by atoms with van der Waals surface area (Å²) in [5.41, 5.74) is 0.860. The zero-order valence-corrected chi connectivity index (χ0v) is 13.7. The zero-order chi connectivity index (χ0) is 17.6. The van der Waals surface area contributed by atoms with Gasteiger partial charge in [-0.1, -0.05) is 6.42 Å². The molecule has 0 unspecified atom stereocenters. The van der Waals surface area contributed by atoms with Crippen molar-refractivity contribution in [1.82, 2.24) is 5.32 Å². The van der Waals surface area contributed by atoms with Crippen molar-refractivity contribution in [2.75, 3.05) is 19.0 Å². The summed E-state index contributed by atoms with van der Waals surface area (Å²) in [5.74, 6) is -0.771. The van der Waals surface area contributed by atoms with Gasteiger partial charge in [0.25, 0.3) is 0 Å². The van der Waals surface area contributed by atoms with Crippen molar-refractivity contribution in [3.8, 4) is 5.75 Å². The van der Waals surface area contributed by atoms with Crippen LogP contribution in [0.25, 0.3) is 0 Å². The Balaban J connectivity index is 1.70. The fraction of sp³-hybridized carbons (Fsp3) is 0.588. The molecule has 2 atom stereocenters. The van der Waals surface area contributed by atoms with Crippen LogP contribution in [0.2, 0.25) is 0 Å². The number of benzene rings is 1. The molecule has 0 bridgehead atoms. The average molecular weight is 344 g/mol. The molecule has 0 spiro atoms. The van der Waals surface area contributed by atoms with Crippen molar-refractivity contribution in [3.63, 3.8) is 0 Å². The lowest BCUT2D eigenvalue weighted by atomic mass is 9.85. The molecule has 0 heterocycles. The first-order valence-electron chi connectivity index (χ1n) is 8.12. The number of rotatable bonds is 6. The van der Waals surface area contributed by atoms with E-state index < -0.39 is 12.1 Å². The Morgan fingerprint density at radius 3 is 2.58 bits per heavy atom. The quantitative estimate of drug-likeness (QED) is 0.827. The maximum absolute atomic E-state index is 12.8. The molecule has 1 fully saturated rings. The minimum atomic E-state index is -4.17. The topological polar surface area (TPSA) is 50.4 Å². The SMILES string of the molecule is COc1ccc(NCCC(=O)N[C@@H]2CCC[C@H](C(F)(F)F)C2)cc1. The van der Waals surface area contributed by atoms with Crippen LogP contribution in [0.15, 0.2) is 24.3 Å². The van der Waals surface area contributed by atoms with E-state index in [1.807, 2.05) is 24.3 Å². The van der Waals surface area contributed by atoms with Crippen molar-refractivity contribution < 1.29 is 22.7 Å². The summed E-state index contributed by atoms with van der Waals surface area (Å²) in [6.07, 6.45) is -2.68. The molecule has 0 radical (unpaired) electrons. The number of hydrogen-bond donors (Lipinski definition) is 2. The van der Waals surface area contributed by atoms with Crippen LogP contribution < -0.4 is 15.4 Å². The van der Waals surface area contributed by atoms with Crippen molar-refractivity contribution in [2.24, 2.45) is 5.92 Å². The third-order valence-corrected chi connectivity index (χ3v) is 4.27. The molecule has 2 rings (SSSR count). The fourth-order valence-corrected chi connectivity index (χ4v) is 2.95. The van der Waals surface area contributed by atoms with Crippen LogP contribution in [-0.4, -0.2) is 31.8 Å². The normalized spacial score (nSPS) is 21.2. The van der Waals surface area contributed by atoms with Gasteiger partial charge in [0, 0.05) is 24.7 Å². The van der Waals surface area contributed by atoms with E-state index in [-0.39, 0.29) is 31.2 Å². The van der Waals surface area contributed by atoms with Gasteiger partial charge in [0.05, 0.1) is 13.0 Å². The zero-order valence-electron chi connectivity index (χ0n) is 13.7. The van der Waals surface area contributed by atoms with Crippen molar-refractivity contribution in [1.29, 1.82) is 0 Å². The van der Waals surface area contributed by atoms with Gasteiger partial charge in [-0.05, 0) is 43.5 Å². The van der Waals surface area contributed by atoms with Crippen LogP contribution in [0, 0.1) is 5.92 Å². The first kappa shape index (κ1) is 18.4. The number of methoxy groups -OCH3 is 1. The molecular weight excluding hydrogens is 321 g/mol. The Bertz CT molecular complexity index is 532. The summed E-state index contributed by atoms with van der Waals surface area (Å²) in [6.45, 7) is 0.424. The molecule has 1 aliphatic rings. The van der Waals surface area contributed by atoms with Gasteiger partial charge < -0.3 is 15.4 Å². The largest absolute Gasteiger partial charge is 0.497 e. The highest BCUT2D eigenvalue weighted by atomic mass is 19.4. The highest BCUT2D eigenvalue weighted by molar-refractivity contribution is 5.76. The van der Waals surface area contributed by atoms with E-state index in [9.17, 15) is 18.0 Å². The fourth-order valence-electron chi connectivity index (χ4n) is 2.95. The van der Waals surface area contributed by atoms with Gasteiger partial charge in [-0.25, -0.2) is 0 Å². The Morgan fingerprint density at radius 2 is 1.96 bits per heavy atom. The average Bonchev–Trinajstić information content (AvgIpc) is 2.55. The number of anilines is 1. The highest BCUT2D eigenvalue weighted by Crippen LogP contribution is 2.37. The minimum absolute atomic E-state index is 0.0127. The van der Waals surface area contributed by atoms with Crippen LogP contribution >= 0.6 is 0 Å². The number of amides is 1. The first-order valence-corrected chi connectivity index (χ1v) is 8.12. The third-order valence-electron chi connectivity index (χ3n) is 4.27. The Morgan fingerprint density at radius 1 is 1.25 bits per heavy atom. The number of hydrogen-bond acceptors (Lipinski definition) is 3. The molecule has 0 saturated heterocycles. The number of carbonyl (C=O) groups is 1. The second kappa shape index (κ2) is 8.26. The van der Waals surface area contributed by atoms with E-state index in [4.69, 9.17) is 4.74 Å². The molecule has 7 heteroatoms. The summed E-state index contributed by atoms with van der Waals surface area (Å²) in [5, 5.41) is 5.83. The Kier molecular flexibility index (Phi) is 6.34. The molecule has 2 N–H and O–H groups in total. The standard InChI is InChI=1S/C17H23F3N2O2/c1-24-15-7-5-13(6-8-15)21-10-9-16(23)22-14-4-2-3-12(11-14)17(18,19)20/h5-8,12,14,21H,2-4,9-11H2,1H3,(H,22,23)/t12-,14+/m0/s1. The van der Waals surface area contributed by atoms with Crippen LogP contribution in [-0.2, 0) is 4.79 Å². The summed E-state index contributed by atoms with van der Waals surface area (Å²) in [6, 6.07) is 6.92. The van der Waals surface area contributed by atoms with E-state index in [1.54, 1.807) is 7.11 Å². The third kappa shape index (κ3) is 5.62. The molecule has 1 aromatic rings. The van der Waals surface area contributed by atoms with E-state index in [0.717, 1.165) is 11.4 Å². The molecule has 24 heavy (non-hydrogen) atoms. The van der Waals surface area contributed by atoms with E-state index in [0.29, 0.717) is 19.4 Å². The summed E-state index contributed by atoms with van der Waals surface area (Å²) >= 11 is 0. The second-order valence-corrected chi connectivity index (χ2v) is 6.07. The Labute approximate surface area is 139 Å². The van der Waals surface area contributed by atoms with Gasteiger partial charge in [-0.3, -0.25) is 4.79 Å². The van der Waals surface area contributed by atoms with E-state index in [1.165, 1.54) is 0 Å². The number of alkyl halides is 3. The maximum atomic E-state index is 12.8. The van der Waals surface area contributed by atoms with Gasteiger partial charge in [0.2, 0.25) is 5.91 Å². The van der Waals surface area contributed by atoms with Gasteiger partial charge in [-0.15, -0.1) is 0 Å². The molecule has 1 saturated carbocycles. The predicted octanol–water partition coefficient (Wildman–Crippen LogP) is 3.73. The molecular formula is C17H23F3N2O2. The summed E-state index contributed by atoms with van der Waals surface area (Å²) in [7, 11) is 1.58. The number of halogens is 3. The van der Waals surface area contributed by atoms with Crippen molar-refractivity contribution in [3.05, 3.63) is 24.3 Å². The molecule has 1 aromatic carbocycles. The smallest absolute Gasteiger partial charge is 0.391 e. The van der Waals surface area contributed by atoms with Gasteiger partial charge in [0.1, 0.15) is 5.75 Å². The summed E-state index contributed by atoms with van der Waals surface area (Å²) < 4.78 is 43.4. The molecule has 134 valence electrons. The molecule has 0 aromatic heterocycles. The maximum Gasteiger partial charge on any atom is 0.391 e. The molecule has 1 amide bonds. The minimum Gasteiger partial charge on any atom is -0.497 e. The molecule has 0 aliphatic heterocycles. The molecule has 4 nitrogen and oxygen atoms in total. The van der Waals surface area contributed by atoms with Crippen LogP contribution in [0.4, 0.5) is 18.9 Å². The Hall–Kier alpha value is -1.92. The van der Waals surface area contributed by atoms with Crippen LogP contribution in [0.5, 0.6) is 5.75 Å². The van der Waals surface area contributed by atoms with Crippen molar-refractivity contribution in [2.45, 2.75) is 44.3 Å². The number of carbonyl (C=O) groups excluding carboxylic acids is 1. The summed E-state index contributed by atoms with van der Waals surface area (Å²) in [4.78, 5) is 11.9. The number of nitrogens with one attached hydrogen (secondary N) is 2. The predicted molar refractivity (Wildman–Crippen MR) is 86.0 cm³/mol.